The van der Waals surface area contributed by atoms with Crippen molar-refractivity contribution in [2.45, 2.75) is 13.5 Å². The molecule has 0 aliphatic heterocycles. The number of hydrogen-bond donors (Lipinski definition) is 2. The van der Waals surface area contributed by atoms with Crippen LogP contribution in [0.2, 0.25) is 5.02 Å². The Balaban J connectivity index is 0.000000631. The summed E-state index contributed by atoms with van der Waals surface area (Å²) in [6.07, 6.45) is 0. The van der Waals surface area contributed by atoms with Crippen molar-refractivity contribution in [2.75, 3.05) is 13.7 Å². The van der Waals surface area contributed by atoms with E-state index >= 15 is 0 Å². The third-order valence-electron chi connectivity index (χ3n) is 1.74. The number of halogens is 1. The van der Waals surface area contributed by atoms with Gasteiger partial charge in [0.25, 0.3) is 5.97 Å². The normalized spacial score (nSPS) is 9.06. The number of aliphatic carboxylic acids is 1. The van der Waals surface area contributed by atoms with Gasteiger partial charge in [0.15, 0.2) is 0 Å². The highest BCUT2D eigenvalue weighted by Gasteiger charge is 1.98. The van der Waals surface area contributed by atoms with Gasteiger partial charge in [0.1, 0.15) is 0 Å². The van der Waals surface area contributed by atoms with Crippen LogP contribution in [-0.2, 0) is 20.9 Å². The SMILES string of the molecule is CC(=O)O.COC(=O)CNCc1ccc(Cl)cc1. The van der Waals surface area contributed by atoms with Crippen LogP contribution in [0.5, 0.6) is 0 Å². The molecule has 1 aromatic rings. The van der Waals surface area contributed by atoms with Crippen molar-refractivity contribution in [3.8, 4) is 0 Å². The van der Waals surface area contributed by atoms with Crippen LogP contribution in [0.3, 0.4) is 0 Å². The molecule has 0 aliphatic rings. The van der Waals surface area contributed by atoms with Gasteiger partial charge in [-0.2, -0.15) is 0 Å². The molecule has 0 unspecified atom stereocenters. The predicted molar refractivity (Wildman–Crippen MR) is 68.5 cm³/mol. The number of hydrogen-bond acceptors (Lipinski definition) is 4. The fourth-order valence-electron chi connectivity index (χ4n) is 0.983. The first kappa shape index (κ1) is 16.4. The standard InChI is InChI=1S/C10H12ClNO2.C2H4O2/c1-14-10(13)7-12-6-8-2-4-9(11)5-3-8;1-2(3)4/h2-5,12H,6-7H2,1H3;1H3,(H,3,4). The lowest BCUT2D eigenvalue weighted by Gasteiger charge is -2.03. The van der Waals surface area contributed by atoms with Gasteiger partial charge in [0.05, 0.1) is 13.7 Å². The van der Waals surface area contributed by atoms with Gasteiger partial charge in [-0.3, -0.25) is 9.59 Å². The largest absolute Gasteiger partial charge is 0.481 e. The lowest BCUT2D eigenvalue weighted by atomic mass is 10.2. The van der Waals surface area contributed by atoms with Gasteiger partial charge in [-0.25, -0.2) is 0 Å². The van der Waals surface area contributed by atoms with Gasteiger partial charge in [-0.1, -0.05) is 23.7 Å². The van der Waals surface area contributed by atoms with Gasteiger partial charge in [0, 0.05) is 18.5 Å². The maximum absolute atomic E-state index is 10.8. The number of ether oxygens (including phenoxy) is 1. The Morgan fingerprint density at radius 2 is 1.83 bits per heavy atom. The Labute approximate surface area is 111 Å². The highest BCUT2D eigenvalue weighted by molar-refractivity contribution is 6.30. The second-order valence-corrected chi connectivity index (χ2v) is 3.76. The van der Waals surface area contributed by atoms with Crippen LogP contribution in [-0.4, -0.2) is 30.7 Å². The van der Waals surface area contributed by atoms with Crippen LogP contribution in [0.1, 0.15) is 12.5 Å². The smallest absolute Gasteiger partial charge is 0.319 e. The maximum Gasteiger partial charge on any atom is 0.319 e. The topological polar surface area (TPSA) is 75.6 Å². The first-order valence-corrected chi connectivity index (χ1v) is 5.55. The summed E-state index contributed by atoms with van der Waals surface area (Å²) < 4.78 is 4.48. The second-order valence-electron chi connectivity index (χ2n) is 3.33. The minimum atomic E-state index is -0.833. The van der Waals surface area contributed by atoms with E-state index in [0.717, 1.165) is 12.5 Å². The third-order valence-corrected chi connectivity index (χ3v) is 1.99. The molecule has 0 spiro atoms. The van der Waals surface area contributed by atoms with Crippen molar-refractivity contribution in [1.29, 1.82) is 0 Å². The first-order valence-electron chi connectivity index (χ1n) is 5.17. The number of benzene rings is 1. The van der Waals surface area contributed by atoms with E-state index in [-0.39, 0.29) is 12.5 Å². The summed E-state index contributed by atoms with van der Waals surface area (Å²) >= 11 is 5.72. The minimum Gasteiger partial charge on any atom is -0.481 e. The zero-order chi connectivity index (χ0) is 14.0. The molecule has 0 saturated carbocycles. The average molecular weight is 274 g/mol. The summed E-state index contributed by atoms with van der Waals surface area (Å²) in [5, 5.41) is 11.1. The van der Waals surface area contributed by atoms with Crippen LogP contribution >= 0.6 is 11.6 Å². The Hall–Kier alpha value is -1.59. The highest BCUT2D eigenvalue weighted by Crippen LogP contribution is 2.08. The fraction of sp³-hybridized carbons (Fsp3) is 0.333. The Kier molecular flexibility index (Phi) is 8.61. The number of esters is 1. The molecule has 1 aromatic carbocycles. The second kappa shape index (κ2) is 9.44. The van der Waals surface area contributed by atoms with Crippen molar-refractivity contribution in [3.05, 3.63) is 34.9 Å². The van der Waals surface area contributed by atoms with Gasteiger partial charge in [0.2, 0.25) is 0 Å². The van der Waals surface area contributed by atoms with Gasteiger partial charge in [-0.15, -0.1) is 0 Å². The molecule has 0 bridgehead atoms. The first-order chi connectivity index (χ1) is 8.45. The van der Waals surface area contributed by atoms with E-state index < -0.39 is 5.97 Å². The van der Waals surface area contributed by atoms with E-state index in [1.54, 1.807) is 0 Å². The van der Waals surface area contributed by atoms with Crippen molar-refractivity contribution < 1.29 is 19.4 Å². The molecule has 0 fully saturated rings. The molecular weight excluding hydrogens is 258 g/mol. The van der Waals surface area contributed by atoms with Crippen molar-refractivity contribution in [3.63, 3.8) is 0 Å². The molecule has 6 heteroatoms. The van der Waals surface area contributed by atoms with Crippen LogP contribution in [0.15, 0.2) is 24.3 Å². The lowest BCUT2D eigenvalue weighted by Crippen LogP contribution is -2.23. The van der Waals surface area contributed by atoms with Gasteiger partial charge >= 0.3 is 5.97 Å². The van der Waals surface area contributed by atoms with Crippen LogP contribution in [0.4, 0.5) is 0 Å². The highest BCUT2D eigenvalue weighted by atomic mass is 35.5. The summed E-state index contributed by atoms with van der Waals surface area (Å²) in [5.74, 6) is -1.10. The number of methoxy groups -OCH3 is 1. The molecule has 0 aliphatic carbocycles. The summed E-state index contributed by atoms with van der Waals surface area (Å²) in [4.78, 5) is 19.8. The fourth-order valence-corrected chi connectivity index (χ4v) is 1.11. The summed E-state index contributed by atoms with van der Waals surface area (Å²) in [5.41, 5.74) is 1.08. The Morgan fingerprint density at radius 1 is 1.33 bits per heavy atom. The van der Waals surface area contributed by atoms with Crippen molar-refractivity contribution in [2.24, 2.45) is 0 Å². The van der Waals surface area contributed by atoms with Gasteiger partial charge < -0.3 is 15.2 Å². The summed E-state index contributed by atoms with van der Waals surface area (Å²) in [7, 11) is 1.37. The Bertz CT molecular complexity index is 374. The molecule has 0 radical (unpaired) electrons. The van der Waals surface area contributed by atoms with Crippen LogP contribution in [0, 0.1) is 0 Å². The maximum atomic E-state index is 10.8. The molecule has 18 heavy (non-hydrogen) atoms. The molecule has 0 aromatic heterocycles. The zero-order valence-electron chi connectivity index (χ0n) is 10.3. The third kappa shape index (κ3) is 9.62. The molecule has 1 rings (SSSR count). The number of carbonyl (C=O) groups excluding carboxylic acids is 1. The number of nitrogens with one attached hydrogen (secondary N) is 1. The van der Waals surface area contributed by atoms with E-state index in [2.05, 4.69) is 10.1 Å². The van der Waals surface area contributed by atoms with E-state index in [0.29, 0.717) is 11.6 Å². The molecule has 0 saturated heterocycles. The van der Waals surface area contributed by atoms with Gasteiger partial charge in [-0.05, 0) is 17.7 Å². The van der Waals surface area contributed by atoms with Crippen LogP contribution in [0.25, 0.3) is 0 Å². The van der Waals surface area contributed by atoms with E-state index in [1.807, 2.05) is 24.3 Å². The summed E-state index contributed by atoms with van der Waals surface area (Å²) in [6, 6.07) is 7.45. The quantitative estimate of drug-likeness (QED) is 0.817. The number of carboxylic acid groups (broad SMARTS) is 1. The van der Waals surface area contributed by atoms with E-state index in [1.165, 1.54) is 7.11 Å². The number of carboxylic acids is 1. The van der Waals surface area contributed by atoms with E-state index in [9.17, 15) is 4.79 Å². The monoisotopic (exact) mass is 273 g/mol. The number of rotatable bonds is 4. The molecule has 0 heterocycles. The molecule has 5 nitrogen and oxygen atoms in total. The Morgan fingerprint density at radius 3 is 2.28 bits per heavy atom. The van der Waals surface area contributed by atoms with Crippen molar-refractivity contribution in [1.82, 2.24) is 5.32 Å². The lowest BCUT2D eigenvalue weighted by molar-refractivity contribution is -0.139. The molecular formula is C12H16ClNO4. The van der Waals surface area contributed by atoms with Crippen LogP contribution < -0.4 is 5.32 Å². The molecule has 0 atom stereocenters. The number of carbonyl (C=O) groups is 2. The zero-order valence-corrected chi connectivity index (χ0v) is 11.0. The summed E-state index contributed by atoms with van der Waals surface area (Å²) in [6.45, 7) is 1.94. The molecule has 2 N–H and O–H groups in total. The molecule has 100 valence electrons. The predicted octanol–water partition coefficient (Wildman–Crippen LogP) is 1.69. The molecule has 0 amide bonds. The minimum absolute atomic E-state index is 0.221. The average Bonchev–Trinajstić information content (AvgIpc) is 2.31. The van der Waals surface area contributed by atoms with E-state index in [4.69, 9.17) is 21.5 Å². The van der Waals surface area contributed by atoms with Crippen molar-refractivity contribution >= 4 is 23.5 Å².